The normalized spacial score (nSPS) is 25.4. The van der Waals surface area contributed by atoms with E-state index in [4.69, 9.17) is 16.3 Å². The van der Waals surface area contributed by atoms with Gasteiger partial charge in [-0.1, -0.05) is 0 Å². The highest BCUT2D eigenvalue weighted by Gasteiger charge is 2.29. The van der Waals surface area contributed by atoms with Crippen LogP contribution in [-0.4, -0.2) is 16.0 Å². The molecule has 1 unspecified atom stereocenters. The third-order valence-corrected chi connectivity index (χ3v) is 1.92. The molecule has 0 aromatic rings. The summed E-state index contributed by atoms with van der Waals surface area (Å²) in [5, 5.41) is 10.3. The minimum absolute atomic E-state index is 0.00639. The fraction of sp³-hybridized carbons (Fsp3) is 0.375. The van der Waals surface area contributed by atoms with Crippen molar-refractivity contribution in [3.63, 3.8) is 0 Å². The van der Waals surface area contributed by atoms with E-state index in [1.54, 1.807) is 6.92 Å². The van der Waals surface area contributed by atoms with Crippen molar-refractivity contribution in [1.82, 2.24) is 0 Å². The van der Waals surface area contributed by atoms with Gasteiger partial charge in [0.2, 0.25) is 0 Å². The summed E-state index contributed by atoms with van der Waals surface area (Å²) in [6, 6.07) is 0. The predicted octanol–water partition coefficient (Wildman–Crippen LogP) is 2.24. The first-order valence-electron chi connectivity index (χ1n) is 3.85. The van der Waals surface area contributed by atoms with Gasteiger partial charge in [0.1, 0.15) is 5.60 Å². The van der Waals surface area contributed by atoms with Crippen LogP contribution in [0.4, 0.5) is 4.79 Å². The van der Waals surface area contributed by atoms with Crippen molar-refractivity contribution in [1.29, 1.82) is 0 Å². The summed E-state index contributed by atoms with van der Waals surface area (Å²) in [7, 11) is 0. The molecule has 76 valence electrons. The topological polar surface area (TPSA) is 69.4 Å². The fourth-order valence-electron chi connectivity index (χ4n) is 1.10. The molecule has 0 heterocycles. The number of halogens is 1. The maximum atomic E-state index is 10.5. The first kappa shape index (κ1) is 10.7. The highest BCUT2D eigenvalue weighted by molar-refractivity contribution is 6.61. The van der Waals surface area contributed by atoms with Crippen LogP contribution in [0.15, 0.2) is 23.9 Å². The Hall–Kier alpha value is -1.36. The summed E-state index contributed by atoms with van der Waals surface area (Å²) in [5.74, 6) is 0. The molecule has 0 spiro atoms. The van der Waals surface area contributed by atoms with Gasteiger partial charge in [-0.15, -0.1) is 0 Å². The standard InChI is InChI=1S/C8H8ClNO4/c1-8(14-7(9)11)4-2-6(3-5-8)10(12)13/h2-4H,5H2,1H3. The molecule has 0 saturated carbocycles. The number of nitrogens with zero attached hydrogens (tertiary/aromatic N) is 1. The van der Waals surface area contributed by atoms with Crippen LogP contribution >= 0.6 is 11.6 Å². The molecule has 1 aliphatic carbocycles. The largest absolute Gasteiger partial charge is 0.443 e. The smallest absolute Gasteiger partial charge is 0.404 e. The summed E-state index contributed by atoms with van der Waals surface area (Å²) >= 11 is 5.05. The lowest BCUT2D eigenvalue weighted by Crippen LogP contribution is -2.28. The molecule has 0 bridgehead atoms. The first-order chi connectivity index (χ1) is 6.43. The lowest BCUT2D eigenvalue weighted by molar-refractivity contribution is -0.419. The van der Waals surface area contributed by atoms with Crippen molar-refractivity contribution in [2.45, 2.75) is 18.9 Å². The molecule has 0 aromatic heterocycles. The maximum Gasteiger partial charge on any atom is 0.404 e. The number of ether oxygens (including phenoxy) is 1. The van der Waals surface area contributed by atoms with Crippen LogP contribution in [0.25, 0.3) is 0 Å². The Morgan fingerprint density at radius 2 is 2.43 bits per heavy atom. The van der Waals surface area contributed by atoms with E-state index in [2.05, 4.69) is 0 Å². The third kappa shape index (κ3) is 2.56. The zero-order chi connectivity index (χ0) is 10.8. The van der Waals surface area contributed by atoms with Crippen LogP contribution < -0.4 is 0 Å². The van der Waals surface area contributed by atoms with Crippen molar-refractivity contribution < 1.29 is 14.5 Å². The zero-order valence-corrected chi connectivity index (χ0v) is 8.15. The van der Waals surface area contributed by atoms with Crippen LogP contribution in [0.2, 0.25) is 0 Å². The summed E-state index contributed by atoms with van der Waals surface area (Å²) in [6.07, 6.45) is 4.38. The average molecular weight is 218 g/mol. The number of carbonyl (C=O) groups excluding carboxylic acids is 1. The third-order valence-electron chi connectivity index (χ3n) is 1.85. The Labute approximate surface area is 85.1 Å². The number of allylic oxidation sites excluding steroid dienone is 1. The Bertz CT molecular complexity index is 336. The van der Waals surface area contributed by atoms with E-state index >= 15 is 0 Å². The quantitative estimate of drug-likeness (QED) is 0.404. The second kappa shape index (κ2) is 3.79. The number of hydrogen-bond acceptors (Lipinski definition) is 4. The van der Waals surface area contributed by atoms with E-state index in [1.807, 2.05) is 0 Å². The van der Waals surface area contributed by atoms with E-state index in [-0.39, 0.29) is 12.1 Å². The SMILES string of the molecule is CC1(OC(=O)Cl)C=CC([N+](=O)[O-])=CC1. The summed E-state index contributed by atoms with van der Waals surface area (Å²) in [4.78, 5) is 20.3. The molecule has 0 N–H and O–H groups in total. The van der Waals surface area contributed by atoms with Crippen molar-refractivity contribution in [3.8, 4) is 0 Å². The molecular weight excluding hydrogens is 210 g/mol. The lowest BCUT2D eigenvalue weighted by atomic mass is 9.96. The van der Waals surface area contributed by atoms with Gasteiger partial charge in [-0.3, -0.25) is 10.1 Å². The molecule has 0 aromatic carbocycles. The molecule has 1 aliphatic rings. The second-order valence-corrected chi connectivity index (χ2v) is 3.38. The number of carbonyl (C=O) groups is 1. The zero-order valence-electron chi connectivity index (χ0n) is 7.40. The molecule has 0 aliphatic heterocycles. The highest BCUT2D eigenvalue weighted by atomic mass is 35.5. The van der Waals surface area contributed by atoms with Gasteiger partial charge in [0.15, 0.2) is 0 Å². The predicted molar refractivity (Wildman–Crippen MR) is 49.6 cm³/mol. The van der Waals surface area contributed by atoms with Gasteiger partial charge in [-0.05, 0) is 19.1 Å². The molecule has 1 atom stereocenters. The molecule has 6 heteroatoms. The van der Waals surface area contributed by atoms with Gasteiger partial charge in [0.25, 0.3) is 5.70 Å². The van der Waals surface area contributed by atoms with Gasteiger partial charge in [-0.25, -0.2) is 4.79 Å². The van der Waals surface area contributed by atoms with E-state index < -0.39 is 16.0 Å². The van der Waals surface area contributed by atoms with Crippen LogP contribution in [0.1, 0.15) is 13.3 Å². The van der Waals surface area contributed by atoms with Gasteiger partial charge in [0.05, 0.1) is 4.92 Å². The monoisotopic (exact) mass is 217 g/mol. The molecule has 14 heavy (non-hydrogen) atoms. The minimum Gasteiger partial charge on any atom is -0.443 e. The molecule has 0 fully saturated rings. The Kier molecular flexibility index (Phi) is 2.90. The Morgan fingerprint density at radius 3 is 2.79 bits per heavy atom. The number of rotatable bonds is 2. The fourth-order valence-corrected chi connectivity index (χ4v) is 1.28. The lowest BCUT2D eigenvalue weighted by Gasteiger charge is -2.24. The molecule has 1 rings (SSSR count). The minimum atomic E-state index is -0.921. The van der Waals surface area contributed by atoms with Crippen molar-refractivity contribution >= 4 is 17.0 Å². The summed E-state index contributed by atoms with van der Waals surface area (Å²) in [6.45, 7) is 1.62. The molecule has 5 nitrogen and oxygen atoms in total. The van der Waals surface area contributed by atoms with Gasteiger partial charge in [-0.2, -0.15) is 0 Å². The van der Waals surface area contributed by atoms with Crippen LogP contribution in [-0.2, 0) is 4.74 Å². The van der Waals surface area contributed by atoms with Crippen molar-refractivity contribution in [3.05, 3.63) is 34.0 Å². The Balaban J connectivity index is 2.72. The average Bonchev–Trinajstić information content (AvgIpc) is 2.02. The van der Waals surface area contributed by atoms with E-state index in [1.165, 1.54) is 18.2 Å². The number of nitro groups is 1. The molecular formula is C8H8ClNO4. The molecule has 0 saturated heterocycles. The molecule has 0 radical (unpaired) electrons. The second-order valence-electron chi connectivity index (χ2n) is 3.08. The van der Waals surface area contributed by atoms with Crippen LogP contribution in [0, 0.1) is 10.1 Å². The highest BCUT2D eigenvalue weighted by Crippen LogP contribution is 2.25. The van der Waals surface area contributed by atoms with Crippen molar-refractivity contribution in [2.24, 2.45) is 0 Å². The van der Waals surface area contributed by atoms with Gasteiger partial charge < -0.3 is 4.74 Å². The maximum absolute atomic E-state index is 10.5. The Morgan fingerprint density at radius 1 is 1.79 bits per heavy atom. The van der Waals surface area contributed by atoms with Crippen molar-refractivity contribution in [2.75, 3.05) is 0 Å². The van der Waals surface area contributed by atoms with E-state index in [0.717, 1.165) is 0 Å². The molecule has 0 amide bonds. The summed E-state index contributed by atoms with van der Waals surface area (Å²) < 4.78 is 4.78. The summed E-state index contributed by atoms with van der Waals surface area (Å²) in [5.41, 5.74) is -1.80. The van der Waals surface area contributed by atoms with E-state index in [0.29, 0.717) is 0 Å². The van der Waals surface area contributed by atoms with Gasteiger partial charge >= 0.3 is 5.43 Å². The van der Waals surface area contributed by atoms with Crippen LogP contribution in [0.3, 0.4) is 0 Å². The first-order valence-corrected chi connectivity index (χ1v) is 4.23. The van der Waals surface area contributed by atoms with Crippen LogP contribution in [0.5, 0.6) is 0 Å². The van der Waals surface area contributed by atoms with Gasteiger partial charge in [0, 0.05) is 24.1 Å². The number of hydrogen-bond donors (Lipinski definition) is 0. The van der Waals surface area contributed by atoms with E-state index in [9.17, 15) is 14.9 Å².